The van der Waals surface area contributed by atoms with Gasteiger partial charge in [0.05, 0.1) is 28.8 Å². The average molecular weight is 977 g/mol. The summed E-state index contributed by atoms with van der Waals surface area (Å²) in [7, 11) is 0. The van der Waals surface area contributed by atoms with Crippen LogP contribution in [-0.2, 0) is 6.42 Å². The summed E-state index contributed by atoms with van der Waals surface area (Å²) in [6, 6.07) is 56.6. The third kappa shape index (κ3) is 8.00. The molecule has 4 aliphatic carbocycles. The fourth-order valence-corrected chi connectivity index (χ4v) is 12.0. The largest absolute Gasteiger partial charge is 0.313 e. The van der Waals surface area contributed by atoms with Crippen LogP contribution in [0.1, 0.15) is 60.7 Å². The summed E-state index contributed by atoms with van der Waals surface area (Å²) in [6.45, 7) is 8.25. The van der Waals surface area contributed by atoms with Crippen molar-refractivity contribution in [3.05, 3.63) is 264 Å². The minimum absolute atomic E-state index is 0.00291. The molecule has 362 valence electrons. The van der Waals surface area contributed by atoms with Gasteiger partial charge >= 0.3 is 0 Å². The van der Waals surface area contributed by atoms with Gasteiger partial charge in [-0.15, -0.1) is 0 Å². The lowest BCUT2D eigenvalue weighted by atomic mass is 9.81. The molecular formula is C70H52N6. The third-order valence-corrected chi connectivity index (χ3v) is 15.7. The molecule has 0 saturated heterocycles. The van der Waals surface area contributed by atoms with E-state index in [1.54, 1.807) is 0 Å². The summed E-state index contributed by atoms with van der Waals surface area (Å²) in [5.74, 6) is 2.28. The molecule has 0 amide bonds. The Bertz CT molecular complexity index is 4220. The molecule has 0 radical (unpaired) electrons. The number of hydrogen-bond donors (Lipinski definition) is 0. The van der Waals surface area contributed by atoms with Gasteiger partial charge in [0.2, 0.25) is 0 Å². The molecule has 10 aromatic rings. The van der Waals surface area contributed by atoms with E-state index in [1.165, 1.54) is 38.9 Å². The van der Waals surface area contributed by atoms with E-state index in [4.69, 9.17) is 21.5 Å². The molecule has 2 atom stereocenters. The van der Waals surface area contributed by atoms with Crippen molar-refractivity contribution in [3.63, 3.8) is 0 Å². The first-order valence-electron chi connectivity index (χ1n) is 26.6. The molecule has 0 N–H and O–H groups in total. The molecule has 3 aromatic heterocycles. The quantitative estimate of drug-likeness (QED) is 0.135. The van der Waals surface area contributed by atoms with Crippen molar-refractivity contribution >= 4 is 50.0 Å². The Morgan fingerprint density at radius 3 is 1.96 bits per heavy atom. The number of nitrogens with zero attached hydrogens (tertiary/aromatic N) is 6. The molecule has 0 bridgehead atoms. The molecule has 14 rings (SSSR count). The van der Waals surface area contributed by atoms with E-state index in [0.717, 1.165) is 105 Å². The zero-order valence-corrected chi connectivity index (χ0v) is 42.0. The Kier molecular flexibility index (Phi) is 11.4. The summed E-state index contributed by atoms with van der Waals surface area (Å²) in [5.41, 5.74) is 18.6. The van der Waals surface area contributed by atoms with E-state index in [9.17, 15) is 0 Å². The predicted molar refractivity (Wildman–Crippen MR) is 314 cm³/mol. The monoisotopic (exact) mass is 976 g/mol. The van der Waals surface area contributed by atoms with Gasteiger partial charge in [0.1, 0.15) is 0 Å². The lowest BCUT2D eigenvalue weighted by molar-refractivity contribution is 0.749. The van der Waals surface area contributed by atoms with Gasteiger partial charge in [-0.2, -0.15) is 0 Å². The SMILES string of the molecule is [C-]#[N+]c1ccc2c(c1)c1cc(-n3c4c(c5ccccc53)C=CCC4)ccc1n2-c1c(-c2ccc(-c3ccccc3)cc2)cc(-c2nc(C3=CCCC=C3)nc(-c3ccccc3)n2)cc1[C@@H]1C=CC(C2C=CC=CC2)=CC1. The van der Waals surface area contributed by atoms with Gasteiger partial charge in [-0.25, -0.2) is 19.8 Å². The molecular weight excluding hydrogens is 925 g/mol. The zero-order chi connectivity index (χ0) is 50.5. The third-order valence-electron chi connectivity index (χ3n) is 15.7. The predicted octanol–water partition coefficient (Wildman–Crippen LogP) is 17.9. The highest BCUT2D eigenvalue weighted by atomic mass is 15.0. The second-order valence-electron chi connectivity index (χ2n) is 20.3. The van der Waals surface area contributed by atoms with E-state index in [-0.39, 0.29) is 5.92 Å². The fourth-order valence-electron chi connectivity index (χ4n) is 12.0. The molecule has 6 heteroatoms. The van der Waals surface area contributed by atoms with Gasteiger partial charge in [0, 0.05) is 61.8 Å². The van der Waals surface area contributed by atoms with Gasteiger partial charge in [0.25, 0.3) is 0 Å². The number of aromatic nitrogens is 5. The van der Waals surface area contributed by atoms with E-state index in [1.807, 2.05) is 24.3 Å². The molecule has 0 saturated carbocycles. The minimum Gasteiger partial charge on any atom is -0.313 e. The van der Waals surface area contributed by atoms with Crippen molar-refractivity contribution in [2.24, 2.45) is 5.92 Å². The van der Waals surface area contributed by atoms with E-state index in [0.29, 0.717) is 29.1 Å². The summed E-state index contributed by atoms with van der Waals surface area (Å²) in [5, 5.41) is 3.40. The number of allylic oxidation sites excluding steroid dienone is 13. The lowest BCUT2D eigenvalue weighted by Gasteiger charge is -2.26. The highest BCUT2D eigenvalue weighted by Gasteiger charge is 2.28. The van der Waals surface area contributed by atoms with Gasteiger partial charge < -0.3 is 9.13 Å². The molecule has 6 nitrogen and oxygen atoms in total. The fraction of sp³-hybridized carbons (Fsp3) is 0.114. The van der Waals surface area contributed by atoms with Crippen molar-refractivity contribution < 1.29 is 0 Å². The minimum atomic E-state index is 0.00291. The highest BCUT2D eigenvalue weighted by molar-refractivity contribution is 6.12. The number of benzene rings is 7. The molecule has 4 aliphatic rings. The van der Waals surface area contributed by atoms with Crippen LogP contribution >= 0.6 is 0 Å². The van der Waals surface area contributed by atoms with Gasteiger partial charge in [-0.1, -0.05) is 182 Å². The maximum atomic E-state index is 8.25. The number of fused-ring (bicyclic) bond motifs is 6. The van der Waals surface area contributed by atoms with Crippen LogP contribution in [0.25, 0.3) is 106 Å². The Labute approximate surface area is 442 Å². The molecule has 0 fully saturated rings. The smallest absolute Gasteiger partial charge is 0.188 e. The second-order valence-corrected chi connectivity index (χ2v) is 20.3. The normalized spacial score (nSPS) is 16.8. The maximum Gasteiger partial charge on any atom is 0.188 e. The van der Waals surface area contributed by atoms with Crippen LogP contribution in [0.3, 0.4) is 0 Å². The zero-order valence-electron chi connectivity index (χ0n) is 42.0. The molecule has 0 spiro atoms. The first-order chi connectivity index (χ1) is 37.6. The molecule has 0 aliphatic heterocycles. The van der Waals surface area contributed by atoms with Crippen LogP contribution in [0.15, 0.2) is 230 Å². The van der Waals surface area contributed by atoms with Gasteiger partial charge in [0.15, 0.2) is 23.2 Å². The summed E-state index contributed by atoms with van der Waals surface area (Å²) in [6.07, 6.45) is 33.1. The average Bonchev–Trinajstić information content (AvgIpc) is 4.04. The van der Waals surface area contributed by atoms with Gasteiger partial charge in [-0.3, -0.25) is 0 Å². The Balaban J connectivity index is 1.05. The van der Waals surface area contributed by atoms with Crippen molar-refractivity contribution in [1.29, 1.82) is 0 Å². The van der Waals surface area contributed by atoms with E-state index < -0.39 is 0 Å². The van der Waals surface area contributed by atoms with Crippen molar-refractivity contribution in [2.75, 3.05) is 0 Å². The Morgan fingerprint density at radius 1 is 0.487 bits per heavy atom. The molecule has 1 unspecified atom stereocenters. The van der Waals surface area contributed by atoms with E-state index >= 15 is 0 Å². The van der Waals surface area contributed by atoms with Crippen LogP contribution < -0.4 is 0 Å². The molecule has 3 heterocycles. The second kappa shape index (κ2) is 19.1. The van der Waals surface area contributed by atoms with Crippen LogP contribution in [0.4, 0.5) is 5.69 Å². The number of hydrogen-bond acceptors (Lipinski definition) is 3. The molecule has 7 aromatic carbocycles. The first kappa shape index (κ1) is 45.2. The molecule has 76 heavy (non-hydrogen) atoms. The highest BCUT2D eigenvalue weighted by Crippen LogP contribution is 2.46. The van der Waals surface area contributed by atoms with Crippen molar-refractivity contribution in [1.82, 2.24) is 24.1 Å². The Hall–Kier alpha value is -9.44. The summed E-state index contributed by atoms with van der Waals surface area (Å²) < 4.78 is 4.95. The lowest BCUT2D eigenvalue weighted by Crippen LogP contribution is -2.11. The standard InChI is InChI=1S/C70H52N6/c1-71-55-38-40-65-61(44-55)62-45-56(75-63-28-16-14-26-57(63)58-27-15-17-29-64(58)75)39-41-66(62)76(65)67-59(50-34-30-48(31-35-50)46-18-6-2-7-19-46)42-54(43-60(67)51-36-32-49(33-37-51)47-20-8-3-9-21-47)70-73-68(52-22-10-4-11-23-52)72-69(74-70)53-24-12-5-13-25-53/h2-4,6-12,14-16,18-20,22-28,30-36,38-45,47,51H,5,13,17,21,29,37H2/t47?,51-/m1/s1. The van der Waals surface area contributed by atoms with E-state index in [2.05, 4.69) is 220 Å². The van der Waals surface area contributed by atoms with Crippen LogP contribution in [0.2, 0.25) is 0 Å². The number of para-hydroxylation sites is 1. The topological polar surface area (TPSA) is 52.9 Å². The number of rotatable bonds is 9. The summed E-state index contributed by atoms with van der Waals surface area (Å²) >= 11 is 0. The van der Waals surface area contributed by atoms with Crippen LogP contribution in [0.5, 0.6) is 0 Å². The first-order valence-corrected chi connectivity index (χ1v) is 26.6. The maximum absolute atomic E-state index is 8.25. The Morgan fingerprint density at radius 2 is 1.20 bits per heavy atom. The summed E-state index contributed by atoms with van der Waals surface area (Å²) in [4.78, 5) is 19.9. The van der Waals surface area contributed by atoms with Gasteiger partial charge in [-0.05, 0) is 120 Å². The van der Waals surface area contributed by atoms with Crippen LogP contribution in [0, 0.1) is 12.5 Å². The van der Waals surface area contributed by atoms with Crippen molar-refractivity contribution in [3.8, 4) is 56.4 Å². The van der Waals surface area contributed by atoms with Crippen molar-refractivity contribution in [2.45, 2.75) is 44.4 Å². The van der Waals surface area contributed by atoms with Crippen LogP contribution in [-0.4, -0.2) is 24.1 Å².